The number of unbranched alkanes of at least 4 members (excludes halogenated alkanes) is 2. The van der Waals surface area contributed by atoms with Gasteiger partial charge in [-0.2, -0.15) is 0 Å². The lowest BCUT2D eigenvalue weighted by Crippen LogP contribution is -2.35. The lowest BCUT2D eigenvalue weighted by Gasteiger charge is -2.11. The molecule has 1 fully saturated rings. The quantitative estimate of drug-likeness (QED) is 0.744. The molecule has 0 bridgehead atoms. The Kier molecular flexibility index (Phi) is 5.76. The first-order valence-corrected chi connectivity index (χ1v) is 9.53. The normalized spacial score (nSPS) is 19.8. The highest BCUT2D eigenvalue weighted by Gasteiger charge is 2.29. The zero-order valence-corrected chi connectivity index (χ0v) is 13.7. The molecule has 1 amide bonds. The van der Waals surface area contributed by atoms with Crippen molar-refractivity contribution in [3.63, 3.8) is 0 Å². The first-order valence-electron chi connectivity index (χ1n) is 7.71. The molecule has 0 spiro atoms. The Bertz CT molecular complexity index is 599. The van der Waals surface area contributed by atoms with Crippen LogP contribution >= 0.6 is 0 Å². The summed E-state index contributed by atoms with van der Waals surface area (Å²) in [4.78, 5) is 16.3. The number of carbonyl (C=O) groups excluding carboxylic acids is 1. The van der Waals surface area contributed by atoms with Crippen LogP contribution in [0.2, 0.25) is 0 Å². The summed E-state index contributed by atoms with van der Waals surface area (Å²) < 4.78 is 22.8. The van der Waals surface area contributed by atoms with Crippen LogP contribution in [0.3, 0.4) is 0 Å². The molecule has 122 valence electrons. The molecule has 1 aromatic rings. The molecule has 0 saturated carbocycles. The Morgan fingerprint density at radius 1 is 1.36 bits per heavy atom. The van der Waals surface area contributed by atoms with Crippen LogP contribution in [0.15, 0.2) is 18.3 Å². The molecule has 7 heteroatoms. The van der Waals surface area contributed by atoms with E-state index in [4.69, 9.17) is 0 Å². The van der Waals surface area contributed by atoms with Crippen LogP contribution in [-0.4, -0.2) is 43.4 Å². The van der Waals surface area contributed by atoms with Crippen LogP contribution in [0.1, 0.15) is 43.0 Å². The standard InChI is InChI=1S/C15H23N3O3S/c1-2-3-4-8-16-14-6-5-12(10-17-14)15(19)18-13-7-9-22(20,21)11-13/h5-6,10,13H,2-4,7-9,11H2,1H3,(H,16,17)(H,18,19). The van der Waals surface area contributed by atoms with Crippen LogP contribution in [-0.2, 0) is 9.84 Å². The second-order valence-electron chi connectivity index (χ2n) is 5.64. The van der Waals surface area contributed by atoms with Crippen molar-refractivity contribution in [2.45, 2.75) is 38.6 Å². The van der Waals surface area contributed by atoms with E-state index in [1.165, 1.54) is 19.0 Å². The van der Waals surface area contributed by atoms with Crippen LogP contribution in [0.25, 0.3) is 0 Å². The lowest BCUT2D eigenvalue weighted by atomic mass is 10.2. The number of hydrogen-bond donors (Lipinski definition) is 2. The number of carbonyl (C=O) groups is 1. The third kappa shape index (κ3) is 4.98. The summed E-state index contributed by atoms with van der Waals surface area (Å²) in [6, 6.07) is 3.18. The van der Waals surface area contributed by atoms with Crippen molar-refractivity contribution in [2.24, 2.45) is 0 Å². The number of hydrogen-bond acceptors (Lipinski definition) is 5. The maximum Gasteiger partial charge on any atom is 0.253 e. The fraction of sp³-hybridized carbons (Fsp3) is 0.600. The summed E-state index contributed by atoms with van der Waals surface area (Å²) >= 11 is 0. The van der Waals surface area contributed by atoms with Gasteiger partial charge >= 0.3 is 0 Å². The zero-order chi connectivity index (χ0) is 16.0. The number of sulfone groups is 1. The molecule has 0 aromatic carbocycles. The average molecular weight is 325 g/mol. The molecule has 2 rings (SSSR count). The molecular weight excluding hydrogens is 302 g/mol. The Morgan fingerprint density at radius 3 is 2.77 bits per heavy atom. The number of amides is 1. The van der Waals surface area contributed by atoms with Gasteiger partial charge in [-0.05, 0) is 25.0 Å². The minimum atomic E-state index is -2.99. The van der Waals surface area contributed by atoms with Gasteiger partial charge in [0, 0.05) is 18.8 Å². The van der Waals surface area contributed by atoms with Crippen LogP contribution in [0, 0.1) is 0 Å². The Labute approximate surface area is 131 Å². The highest BCUT2D eigenvalue weighted by Crippen LogP contribution is 2.12. The first-order chi connectivity index (χ1) is 10.5. The lowest BCUT2D eigenvalue weighted by molar-refractivity contribution is 0.0941. The zero-order valence-electron chi connectivity index (χ0n) is 12.8. The monoisotopic (exact) mass is 325 g/mol. The molecule has 1 atom stereocenters. The summed E-state index contributed by atoms with van der Waals surface area (Å²) in [5, 5.41) is 5.96. The second kappa shape index (κ2) is 7.58. The number of nitrogens with zero attached hydrogens (tertiary/aromatic N) is 1. The smallest absolute Gasteiger partial charge is 0.253 e. The first kappa shape index (κ1) is 16.7. The van der Waals surface area contributed by atoms with E-state index in [1.54, 1.807) is 12.1 Å². The van der Waals surface area contributed by atoms with Crippen LogP contribution < -0.4 is 10.6 Å². The summed E-state index contributed by atoms with van der Waals surface area (Å²) in [7, 11) is -2.99. The number of nitrogens with one attached hydrogen (secondary N) is 2. The molecule has 1 aliphatic heterocycles. The van der Waals surface area contributed by atoms with E-state index >= 15 is 0 Å². The molecule has 1 aromatic heterocycles. The average Bonchev–Trinajstić information content (AvgIpc) is 2.83. The fourth-order valence-electron chi connectivity index (χ4n) is 2.40. The molecule has 1 unspecified atom stereocenters. The summed E-state index contributed by atoms with van der Waals surface area (Å²) in [5.41, 5.74) is 0.448. The van der Waals surface area contributed by atoms with Gasteiger partial charge in [-0.3, -0.25) is 4.79 Å². The molecular formula is C15H23N3O3S. The van der Waals surface area contributed by atoms with Gasteiger partial charge in [0.05, 0.1) is 17.1 Å². The van der Waals surface area contributed by atoms with Crippen molar-refractivity contribution in [3.05, 3.63) is 23.9 Å². The molecule has 0 aliphatic carbocycles. The van der Waals surface area contributed by atoms with E-state index in [9.17, 15) is 13.2 Å². The Balaban J connectivity index is 1.83. The van der Waals surface area contributed by atoms with Crippen molar-refractivity contribution in [3.8, 4) is 0 Å². The van der Waals surface area contributed by atoms with E-state index in [2.05, 4.69) is 22.5 Å². The molecule has 0 radical (unpaired) electrons. The minimum absolute atomic E-state index is 0.0310. The highest BCUT2D eigenvalue weighted by molar-refractivity contribution is 7.91. The maximum atomic E-state index is 12.1. The van der Waals surface area contributed by atoms with Gasteiger partial charge in [-0.15, -0.1) is 0 Å². The van der Waals surface area contributed by atoms with E-state index in [0.717, 1.165) is 18.8 Å². The third-order valence-electron chi connectivity index (χ3n) is 3.68. The molecule has 1 saturated heterocycles. The van der Waals surface area contributed by atoms with Crippen molar-refractivity contribution in [1.82, 2.24) is 10.3 Å². The fourth-order valence-corrected chi connectivity index (χ4v) is 4.08. The van der Waals surface area contributed by atoms with E-state index < -0.39 is 9.84 Å². The van der Waals surface area contributed by atoms with Crippen molar-refractivity contribution in [2.75, 3.05) is 23.4 Å². The highest BCUT2D eigenvalue weighted by atomic mass is 32.2. The van der Waals surface area contributed by atoms with Crippen molar-refractivity contribution in [1.29, 1.82) is 0 Å². The van der Waals surface area contributed by atoms with Gasteiger partial charge in [-0.1, -0.05) is 19.8 Å². The van der Waals surface area contributed by atoms with Crippen molar-refractivity contribution < 1.29 is 13.2 Å². The summed E-state index contributed by atoms with van der Waals surface area (Å²) in [6.45, 7) is 3.02. The number of rotatable bonds is 7. The predicted octanol–water partition coefficient (Wildman–Crippen LogP) is 1.60. The number of pyridine rings is 1. The predicted molar refractivity (Wildman–Crippen MR) is 86.8 cm³/mol. The van der Waals surface area contributed by atoms with Gasteiger partial charge in [0.15, 0.2) is 9.84 Å². The molecule has 2 heterocycles. The largest absolute Gasteiger partial charge is 0.370 e. The van der Waals surface area contributed by atoms with E-state index in [-0.39, 0.29) is 23.5 Å². The van der Waals surface area contributed by atoms with Gasteiger partial charge in [0.2, 0.25) is 0 Å². The van der Waals surface area contributed by atoms with E-state index in [0.29, 0.717) is 12.0 Å². The molecule has 2 N–H and O–H groups in total. The van der Waals surface area contributed by atoms with Crippen LogP contribution in [0.5, 0.6) is 0 Å². The molecule has 22 heavy (non-hydrogen) atoms. The SMILES string of the molecule is CCCCCNc1ccc(C(=O)NC2CCS(=O)(=O)C2)cn1. The van der Waals surface area contributed by atoms with Gasteiger partial charge in [-0.25, -0.2) is 13.4 Å². The maximum absolute atomic E-state index is 12.1. The summed E-state index contributed by atoms with van der Waals surface area (Å²) in [5.74, 6) is 0.656. The minimum Gasteiger partial charge on any atom is -0.370 e. The number of aromatic nitrogens is 1. The third-order valence-corrected chi connectivity index (χ3v) is 5.45. The Hall–Kier alpha value is -1.63. The topological polar surface area (TPSA) is 88.2 Å². The van der Waals surface area contributed by atoms with Gasteiger partial charge < -0.3 is 10.6 Å². The Morgan fingerprint density at radius 2 is 2.18 bits per heavy atom. The van der Waals surface area contributed by atoms with E-state index in [1.807, 2.05) is 0 Å². The molecule has 6 nitrogen and oxygen atoms in total. The molecule has 1 aliphatic rings. The summed E-state index contributed by atoms with van der Waals surface area (Å²) in [6.07, 6.45) is 5.44. The van der Waals surface area contributed by atoms with Gasteiger partial charge in [0.1, 0.15) is 5.82 Å². The van der Waals surface area contributed by atoms with Crippen molar-refractivity contribution >= 4 is 21.6 Å². The number of anilines is 1. The second-order valence-corrected chi connectivity index (χ2v) is 7.87. The van der Waals surface area contributed by atoms with Gasteiger partial charge in [0.25, 0.3) is 5.91 Å². The van der Waals surface area contributed by atoms with Crippen LogP contribution in [0.4, 0.5) is 5.82 Å².